The first-order valence-electron chi connectivity index (χ1n) is 7.81. The number of phenolic OH excluding ortho intramolecular Hbond substituents is 1. The molecule has 0 saturated heterocycles. The van der Waals surface area contributed by atoms with E-state index in [1.807, 2.05) is 12.1 Å². The van der Waals surface area contributed by atoms with Gasteiger partial charge in [-0.1, -0.05) is 35.8 Å². The average Bonchev–Trinajstić information content (AvgIpc) is 2.22. The normalized spacial score (nSPS) is 45.9. The number of halogens is 1. The number of phenols is 1. The lowest BCUT2D eigenvalue weighted by atomic mass is 9.39. The van der Waals surface area contributed by atoms with Gasteiger partial charge in [0.05, 0.1) is 0 Å². The molecule has 4 bridgehead atoms. The van der Waals surface area contributed by atoms with Gasteiger partial charge in [-0.3, -0.25) is 0 Å². The van der Waals surface area contributed by atoms with E-state index in [2.05, 4.69) is 35.8 Å². The van der Waals surface area contributed by atoms with Crippen LogP contribution < -0.4 is 0 Å². The Labute approximate surface area is 129 Å². The molecule has 1 aromatic carbocycles. The van der Waals surface area contributed by atoms with Gasteiger partial charge in [0.25, 0.3) is 0 Å². The Morgan fingerprint density at radius 3 is 2.25 bits per heavy atom. The Morgan fingerprint density at radius 2 is 1.70 bits per heavy atom. The van der Waals surface area contributed by atoms with Crippen LogP contribution in [0.15, 0.2) is 22.7 Å². The third-order valence-electron chi connectivity index (χ3n) is 6.15. The fourth-order valence-corrected chi connectivity index (χ4v) is 7.47. The zero-order chi connectivity index (χ0) is 14.2. The van der Waals surface area contributed by atoms with Crippen LogP contribution in [0, 0.1) is 16.7 Å². The van der Waals surface area contributed by atoms with Gasteiger partial charge in [0.1, 0.15) is 5.75 Å². The summed E-state index contributed by atoms with van der Waals surface area (Å²) >= 11 is 3.71. The average molecular weight is 335 g/mol. The number of benzene rings is 1. The van der Waals surface area contributed by atoms with Gasteiger partial charge >= 0.3 is 0 Å². The molecule has 4 aliphatic carbocycles. The molecule has 4 fully saturated rings. The summed E-state index contributed by atoms with van der Waals surface area (Å²) in [5.74, 6) is 1.27. The van der Waals surface area contributed by atoms with E-state index in [1.165, 1.54) is 44.1 Å². The van der Waals surface area contributed by atoms with E-state index in [0.29, 0.717) is 22.0 Å². The molecule has 20 heavy (non-hydrogen) atoms. The highest BCUT2D eigenvalue weighted by atomic mass is 79.9. The lowest BCUT2D eigenvalue weighted by Gasteiger charge is -2.65. The highest BCUT2D eigenvalue weighted by molar-refractivity contribution is 9.10. The SMILES string of the molecule is CC12CC3CC(C)(C1)CC(c1ccc(O)cc1Br)(C3)C2. The number of aromatic hydroxyl groups is 1. The molecule has 5 rings (SSSR count). The fourth-order valence-electron chi connectivity index (χ4n) is 6.68. The maximum absolute atomic E-state index is 9.69. The van der Waals surface area contributed by atoms with Gasteiger partial charge in [-0.05, 0) is 78.4 Å². The quantitative estimate of drug-likeness (QED) is 0.728. The molecule has 2 unspecified atom stereocenters. The summed E-state index contributed by atoms with van der Waals surface area (Å²) < 4.78 is 1.10. The molecule has 0 heterocycles. The van der Waals surface area contributed by atoms with Gasteiger partial charge in [-0.25, -0.2) is 0 Å². The van der Waals surface area contributed by atoms with Crippen molar-refractivity contribution in [2.45, 2.75) is 57.8 Å². The van der Waals surface area contributed by atoms with Crippen molar-refractivity contribution in [3.05, 3.63) is 28.2 Å². The van der Waals surface area contributed by atoms with Crippen LogP contribution in [0.4, 0.5) is 0 Å². The van der Waals surface area contributed by atoms with Crippen molar-refractivity contribution in [2.24, 2.45) is 16.7 Å². The second-order valence-corrected chi connectivity index (χ2v) is 9.43. The number of rotatable bonds is 1. The summed E-state index contributed by atoms with van der Waals surface area (Å²) in [7, 11) is 0. The molecule has 2 atom stereocenters. The van der Waals surface area contributed by atoms with Crippen LogP contribution in [0.2, 0.25) is 0 Å². The van der Waals surface area contributed by atoms with E-state index in [4.69, 9.17) is 0 Å². The minimum absolute atomic E-state index is 0.343. The Balaban J connectivity index is 1.84. The Hall–Kier alpha value is -0.500. The first kappa shape index (κ1) is 13.2. The van der Waals surface area contributed by atoms with Crippen LogP contribution in [-0.2, 0) is 5.41 Å². The van der Waals surface area contributed by atoms with Crippen LogP contribution >= 0.6 is 15.9 Å². The van der Waals surface area contributed by atoms with Gasteiger partial charge in [-0.2, -0.15) is 0 Å². The third-order valence-corrected chi connectivity index (χ3v) is 6.81. The lowest BCUT2D eigenvalue weighted by Crippen LogP contribution is -2.56. The molecule has 108 valence electrons. The number of hydrogen-bond donors (Lipinski definition) is 1. The van der Waals surface area contributed by atoms with Crippen molar-refractivity contribution in [2.75, 3.05) is 0 Å². The summed E-state index contributed by atoms with van der Waals surface area (Å²) in [6.45, 7) is 5.03. The van der Waals surface area contributed by atoms with Gasteiger partial charge in [0, 0.05) is 4.47 Å². The summed E-state index contributed by atoms with van der Waals surface area (Å²) in [5.41, 5.74) is 2.85. The Kier molecular flexibility index (Phi) is 2.52. The molecule has 4 aliphatic rings. The Morgan fingerprint density at radius 1 is 1.05 bits per heavy atom. The summed E-state index contributed by atoms with van der Waals surface area (Å²) in [6.07, 6.45) is 8.28. The van der Waals surface area contributed by atoms with E-state index >= 15 is 0 Å². The molecule has 2 heteroatoms. The van der Waals surface area contributed by atoms with Crippen molar-refractivity contribution < 1.29 is 5.11 Å². The first-order valence-corrected chi connectivity index (χ1v) is 8.60. The molecular weight excluding hydrogens is 312 g/mol. The van der Waals surface area contributed by atoms with E-state index < -0.39 is 0 Å². The maximum atomic E-state index is 9.69. The van der Waals surface area contributed by atoms with Gasteiger partial charge < -0.3 is 5.11 Å². The zero-order valence-electron chi connectivity index (χ0n) is 12.4. The van der Waals surface area contributed by atoms with Crippen molar-refractivity contribution in [1.29, 1.82) is 0 Å². The largest absolute Gasteiger partial charge is 0.508 e. The van der Waals surface area contributed by atoms with Gasteiger partial charge in [-0.15, -0.1) is 0 Å². The topological polar surface area (TPSA) is 20.2 Å². The minimum atomic E-state index is 0.343. The van der Waals surface area contributed by atoms with E-state index in [-0.39, 0.29) is 0 Å². The van der Waals surface area contributed by atoms with Crippen molar-refractivity contribution in [3.8, 4) is 5.75 Å². The fraction of sp³-hybridized carbons (Fsp3) is 0.667. The van der Waals surface area contributed by atoms with Crippen LogP contribution in [0.3, 0.4) is 0 Å². The highest BCUT2D eigenvalue weighted by Crippen LogP contribution is 2.70. The van der Waals surface area contributed by atoms with Crippen LogP contribution in [0.25, 0.3) is 0 Å². The van der Waals surface area contributed by atoms with Gasteiger partial charge in [0.15, 0.2) is 0 Å². The van der Waals surface area contributed by atoms with Crippen molar-refractivity contribution in [3.63, 3.8) is 0 Å². The van der Waals surface area contributed by atoms with Gasteiger partial charge in [0.2, 0.25) is 0 Å². The smallest absolute Gasteiger partial charge is 0.116 e. The zero-order valence-corrected chi connectivity index (χ0v) is 14.0. The van der Waals surface area contributed by atoms with Crippen molar-refractivity contribution >= 4 is 15.9 Å². The second-order valence-electron chi connectivity index (χ2n) is 8.57. The van der Waals surface area contributed by atoms with Crippen LogP contribution in [-0.4, -0.2) is 5.11 Å². The summed E-state index contributed by atoms with van der Waals surface area (Å²) in [5, 5.41) is 9.69. The van der Waals surface area contributed by atoms with Crippen molar-refractivity contribution in [1.82, 2.24) is 0 Å². The standard InChI is InChI=1S/C18H23BrO/c1-16-6-12-7-17(2,9-16)11-18(8-12,10-16)14-4-3-13(20)5-15(14)19/h3-5,12,20H,6-11H2,1-2H3. The maximum Gasteiger partial charge on any atom is 0.116 e. The van der Waals surface area contributed by atoms with E-state index in [1.54, 1.807) is 0 Å². The minimum Gasteiger partial charge on any atom is -0.508 e. The molecule has 0 aromatic heterocycles. The van der Waals surface area contributed by atoms with Crippen LogP contribution in [0.1, 0.15) is 57.9 Å². The van der Waals surface area contributed by atoms with Crippen LogP contribution in [0.5, 0.6) is 5.75 Å². The summed E-state index contributed by atoms with van der Waals surface area (Å²) in [4.78, 5) is 0. The summed E-state index contributed by atoms with van der Waals surface area (Å²) in [6, 6.07) is 5.90. The predicted octanol–water partition coefficient (Wildman–Crippen LogP) is 5.40. The molecule has 0 amide bonds. The molecule has 0 radical (unpaired) electrons. The highest BCUT2D eigenvalue weighted by Gasteiger charge is 2.60. The third kappa shape index (κ3) is 1.80. The molecule has 1 nitrogen and oxygen atoms in total. The molecule has 1 N–H and O–H groups in total. The van der Waals surface area contributed by atoms with E-state index in [9.17, 15) is 5.11 Å². The van der Waals surface area contributed by atoms with E-state index in [0.717, 1.165) is 10.4 Å². The first-order chi connectivity index (χ1) is 9.32. The molecular formula is C18H23BrO. The predicted molar refractivity (Wildman–Crippen MR) is 84.9 cm³/mol. The molecule has 1 aromatic rings. The molecule has 0 aliphatic heterocycles. The Bertz CT molecular complexity index is 561. The monoisotopic (exact) mass is 334 g/mol. The molecule has 0 spiro atoms. The number of hydrogen-bond acceptors (Lipinski definition) is 1. The lowest BCUT2D eigenvalue weighted by molar-refractivity contribution is -0.110. The second kappa shape index (κ2) is 3.82. The molecule has 4 saturated carbocycles.